The van der Waals surface area contributed by atoms with Crippen molar-refractivity contribution in [3.05, 3.63) is 71.8 Å². The Morgan fingerprint density at radius 1 is 0.826 bits per heavy atom. The molecule has 0 unspecified atom stereocenters. The number of rotatable bonds is 3. The van der Waals surface area contributed by atoms with Gasteiger partial charge in [-0.05, 0) is 30.4 Å². The Balaban J connectivity index is 1.62. The van der Waals surface area contributed by atoms with Crippen LogP contribution in [0, 0.1) is 5.41 Å². The second-order valence-corrected chi connectivity index (χ2v) is 7.11. The van der Waals surface area contributed by atoms with Gasteiger partial charge >= 0.3 is 0 Å². The van der Waals surface area contributed by atoms with E-state index >= 15 is 0 Å². The molecule has 2 fully saturated rings. The van der Waals surface area contributed by atoms with E-state index in [9.17, 15) is 0 Å². The normalized spacial score (nSPS) is 36.1. The van der Waals surface area contributed by atoms with Crippen molar-refractivity contribution < 1.29 is 9.47 Å². The second kappa shape index (κ2) is 5.47. The number of benzene rings is 2. The van der Waals surface area contributed by atoms with E-state index in [1.165, 1.54) is 11.1 Å². The lowest BCUT2D eigenvalue weighted by molar-refractivity contribution is -0.248. The quantitative estimate of drug-likeness (QED) is 0.753. The first-order valence-corrected chi connectivity index (χ1v) is 8.61. The summed E-state index contributed by atoms with van der Waals surface area (Å²) in [4.78, 5) is 0. The highest BCUT2D eigenvalue weighted by Crippen LogP contribution is 2.63. The Morgan fingerprint density at radius 3 is 1.61 bits per heavy atom. The van der Waals surface area contributed by atoms with Gasteiger partial charge in [0.1, 0.15) is 0 Å². The van der Waals surface area contributed by atoms with Crippen LogP contribution in [0.1, 0.15) is 56.4 Å². The molecule has 0 saturated carbocycles. The molecule has 2 aliphatic rings. The standard InChI is InChI=1S/C21H24O2/c1-3-21-20(2,14-18(22-21)16-10-6-4-7-11-16)15-19(23-21)17-12-8-5-9-13-17/h4-13,18-19H,3,14-15H2,1-2H3/t18-,19-,20?,21?/m1/s1. The fourth-order valence-corrected chi connectivity index (χ4v) is 4.37. The van der Waals surface area contributed by atoms with Crippen LogP contribution in [0.25, 0.3) is 0 Å². The van der Waals surface area contributed by atoms with Gasteiger partial charge in [0.25, 0.3) is 0 Å². The Labute approximate surface area is 138 Å². The number of hydrogen-bond acceptors (Lipinski definition) is 2. The molecule has 2 nitrogen and oxygen atoms in total. The summed E-state index contributed by atoms with van der Waals surface area (Å²) < 4.78 is 13.1. The van der Waals surface area contributed by atoms with Gasteiger partial charge in [0.2, 0.25) is 0 Å². The first-order valence-electron chi connectivity index (χ1n) is 8.61. The molecule has 0 bridgehead atoms. The Kier molecular flexibility index (Phi) is 3.55. The van der Waals surface area contributed by atoms with E-state index in [-0.39, 0.29) is 17.6 Å². The first kappa shape index (κ1) is 14.9. The van der Waals surface area contributed by atoms with Gasteiger partial charge in [-0.1, -0.05) is 74.5 Å². The Morgan fingerprint density at radius 2 is 1.26 bits per heavy atom. The maximum atomic E-state index is 6.54. The third-order valence-electron chi connectivity index (χ3n) is 5.66. The molecular weight excluding hydrogens is 284 g/mol. The molecule has 2 aliphatic heterocycles. The highest BCUT2D eigenvalue weighted by molar-refractivity contribution is 5.24. The number of ether oxygens (including phenoxy) is 2. The lowest BCUT2D eigenvalue weighted by Crippen LogP contribution is -2.39. The number of hydrogen-bond donors (Lipinski definition) is 0. The molecule has 0 aromatic heterocycles. The van der Waals surface area contributed by atoms with Crippen LogP contribution in [0.3, 0.4) is 0 Å². The summed E-state index contributed by atoms with van der Waals surface area (Å²) >= 11 is 0. The minimum absolute atomic E-state index is 0.0583. The highest BCUT2D eigenvalue weighted by Gasteiger charge is 2.63. The van der Waals surface area contributed by atoms with Crippen LogP contribution in [0.2, 0.25) is 0 Å². The smallest absolute Gasteiger partial charge is 0.175 e. The van der Waals surface area contributed by atoms with E-state index < -0.39 is 5.79 Å². The largest absolute Gasteiger partial charge is 0.341 e. The summed E-state index contributed by atoms with van der Waals surface area (Å²) in [5.41, 5.74) is 2.58. The average molecular weight is 308 g/mol. The van der Waals surface area contributed by atoms with Crippen LogP contribution in [0.4, 0.5) is 0 Å². The van der Waals surface area contributed by atoms with Crippen molar-refractivity contribution in [2.75, 3.05) is 0 Å². The predicted octanol–water partition coefficient (Wildman–Crippen LogP) is 5.42. The molecule has 2 saturated heterocycles. The summed E-state index contributed by atoms with van der Waals surface area (Å²) in [6.07, 6.45) is 3.20. The fraction of sp³-hybridized carbons (Fsp3) is 0.429. The summed E-state index contributed by atoms with van der Waals surface area (Å²) in [5, 5.41) is 0. The predicted molar refractivity (Wildman–Crippen MR) is 90.9 cm³/mol. The third kappa shape index (κ3) is 2.32. The van der Waals surface area contributed by atoms with Crippen molar-refractivity contribution in [2.45, 2.75) is 51.1 Å². The van der Waals surface area contributed by atoms with Crippen molar-refractivity contribution in [2.24, 2.45) is 5.41 Å². The van der Waals surface area contributed by atoms with E-state index in [1.54, 1.807) is 0 Å². The molecule has 0 N–H and O–H groups in total. The maximum Gasteiger partial charge on any atom is 0.175 e. The van der Waals surface area contributed by atoms with Crippen LogP contribution in [-0.2, 0) is 9.47 Å². The van der Waals surface area contributed by atoms with Gasteiger partial charge in [-0.3, -0.25) is 0 Å². The molecule has 2 aromatic rings. The van der Waals surface area contributed by atoms with Crippen LogP contribution < -0.4 is 0 Å². The first-order chi connectivity index (χ1) is 11.2. The fourth-order valence-electron chi connectivity index (χ4n) is 4.37. The van der Waals surface area contributed by atoms with Crippen LogP contribution in [0.15, 0.2) is 60.7 Å². The van der Waals surface area contributed by atoms with Gasteiger partial charge < -0.3 is 9.47 Å². The molecule has 0 radical (unpaired) electrons. The van der Waals surface area contributed by atoms with Gasteiger partial charge in [-0.25, -0.2) is 0 Å². The maximum absolute atomic E-state index is 6.54. The van der Waals surface area contributed by atoms with Crippen molar-refractivity contribution in [1.82, 2.24) is 0 Å². The van der Waals surface area contributed by atoms with E-state index in [0.717, 1.165) is 19.3 Å². The molecule has 2 heteroatoms. The molecule has 23 heavy (non-hydrogen) atoms. The van der Waals surface area contributed by atoms with E-state index in [1.807, 2.05) is 0 Å². The van der Waals surface area contributed by atoms with Crippen LogP contribution in [-0.4, -0.2) is 5.79 Å². The summed E-state index contributed by atoms with van der Waals surface area (Å²) in [7, 11) is 0. The monoisotopic (exact) mass is 308 g/mol. The van der Waals surface area contributed by atoms with Gasteiger partial charge in [-0.15, -0.1) is 0 Å². The molecule has 0 amide bonds. The highest BCUT2D eigenvalue weighted by atomic mass is 16.7. The molecule has 2 heterocycles. The van der Waals surface area contributed by atoms with E-state index in [4.69, 9.17) is 9.47 Å². The van der Waals surface area contributed by atoms with Gasteiger partial charge in [0.15, 0.2) is 5.79 Å². The molecule has 0 spiro atoms. The van der Waals surface area contributed by atoms with Crippen molar-refractivity contribution in [3.8, 4) is 0 Å². The Bertz CT molecular complexity index is 613. The van der Waals surface area contributed by atoms with Crippen LogP contribution >= 0.6 is 0 Å². The van der Waals surface area contributed by atoms with E-state index in [2.05, 4.69) is 74.5 Å². The zero-order valence-electron chi connectivity index (χ0n) is 13.9. The summed E-state index contributed by atoms with van der Waals surface area (Å²) in [6.45, 7) is 4.52. The van der Waals surface area contributed by atoms with Crippen molar-refractivity contribution in [1.29, 1.82) is 0 Å². The molecule has 4 rings (SSSR count). The van der Waals surface area contributed by atoms with Gasteiger partial charge in [0, 0.05) is 5.41 Å². The minimum Gasteiger partial charge on any atom is -0.341 e. The summed E-state index contributed by atoms with van der Waals surface area (Å²) in [6, 6.07) is 21.1. The van der Waals surface area contributed by atoms with Gasteiger partial charge in [0.05, 0.1) is 12.2 Å². The lowest BCUT2D eigenvalue weighted by atomic mass is 9.75. The SMILES string of the molecule is CCC12O[C@@H](c3ccccc3)CC1(C)C[C@H](c1ccccc1)O2. The average Bonchev–Trinajstić information content (AvgIpc) is 3.04. The zero-order chi connectivity index (χ0) is 15.9. The molecule has 0 aliphatic carbocycles. The topological polar surface area (TPSA) is 18.5 Å². The van der Waals surface area contributed by atoms with Crippen LogP contribution in [0.5, 0.6) is 0 Å². The second-order valence-electron chi connectivity index (χ2n) is 7.11. The van der Waals surface area contributed by atoms with E-state index in [0.29, 0.717) is 0 Å². The number of fused-ring (bicyclic) bond motifs is 1. The molecule has 2 aromatic carbocycles. The lowest BCUT2D eigenvalue weighted by Gasteiger charge is -2.33. The zero-order valence-corrected chi connectivity index (χ0v) is 13.9. The molecule has 120 valence electrons. The third-order valence-corrected chi connectivity index (χ3v) is 5.66. The Hall–Kier alpha value is -1.64. The van der Waals surface area contributed by atoms with Gasteiger partial charge in [-0.2, -0.15) is 0 Å². The molecule has 2 atom stereocenters. The minimum atomic E-state index is -0.464. The molecular formula is C21H24O2. The summed E-state index contributed by atoms with van der Waals surface area (Å²) in [5.74, 6) is -0.464. The van der Waals surface area contributed by atoms with Crippen molar-refractivity contribution in [3.63, 3.8) is 0 Å². The van der Waals surface area contributed by atoms with Crippen molar-refractivity contribution >= 4 is 0 Å².